The van der Waals surface area contributed by atoms with Gasteiger partial charge in [-0.25, -0.2) is 0 Å². The molecule has 0 amide bonds. The monoisotopic (exact) mass is 122 g/mol. The maximum Gasteiger partial charge on any atom is 0.0940 e. The summed E-state index contributed by atoms with van der Waals surface area (Å²) in [4.78, 5) is 0. The van der Waals surface area contributed by atoms with Gasteiger partial charge in [-0.2, -0.15) is 5.41 Å². The van der Waals surface area contributed by atoms with E-state index in [1.165, 1.54) is 0 Å². The maximum absolute atomic E-state index is 8.54. The minimum Gasteiger partial charge on any atom is -0.472 e. The molecule has 1 heterocycles. The Hall–Kier alpha value is -1.05. The fraction of sp³-hybridized carbons (Fsp3) is 0.286. The Labute approximate surface area is 54.0 Å². The van der Waals surface area contributed by atoms with Crippen LogP contribution in [0.3, 0.4) is 0 Å². The van der Waals surface area contributed by atoms with E-state index >= 15 is 0 Å². The molecule has 0 aromatic carbocycles. The minimum atomic E-state index is 0.0729. The molecule has 0 saturated heterocycles. The van der Waals surface area contributed by atoms with E-state index in [0.717, 1.165) is 11.8 Å². The Morgan fingerprint density at radius 3 is 3.00 bits per heavy atom. The summed E-state index contributed by atoms with van der Waals surface area (Å²) < 4.78 is 4.81. The molecule has 0 spiro atoms. The molecule has 0 N–H and O–H groups in total. The first kappa shape index (κ1) is 6.08. The highest BCUT2D eigenvalue weighted by Crippen LogP contribution is 2.11. The molecular weight excluding hydrogens is 114 g/mol. The third-order valence-electron chi connectivity index (χ3n) is 1.29. The van der Waals surface area contributed by atoms with Gasteiger partial charge in [-0.3, -0.25) is 0 Å². The van der Waals surface area contributed by atoms with E-state index in [9.17, 15) is 0 Å². The van der Waals surface area contributed by atoms with Crippen molar-refractivity contribution in [2.45, 2.75) is 12.8 Å². The fourth-order valence-corrected chi connectivity index (χ4v) is 0.620. The second-order valence-corrected chi connectivity index (χ2v) is 1.99. The molecule has 1 aromatic rings. The average Bonchev–Trinajstić information content (AvgIpc) is 2.37. The largest absolute Gasteiger partial charge is 0.472 e. The lowest BCUT2D eigenvalue weighted by Gasteiger charge is -1.95. The van der Waals surface area contributed by atoms with Crippen LogP contribution in [-0.4, -0.2) is 6.21 Å². The van der Waals surface area contributed by atoms with E-state index in [1.54, 1.807) is 12.5 Å². The highest BCUT2D eigenvalue weighted by Gasteiger charge is 2.00. The molecule has 2 nitrogen and oxygen atoms in total. The van der Waals surface area contributed by atoms with Crippen molar-refractivity contribution in [3.8, 4) is 0 Å². The SMILES string of the molecule is CC(C=[N])c1ccoc1. The molecule has 1 atom stereocenters. The van der Waals surface area contributed by atoms with Crippen molar-refractivity contribution in [3.63, 3.8) is 0 Å². The summed E-state index contributed by atoms with van der Waals surface area (Å²) >= 11 is 0. The van der Waals surface area contributed by atoms with Crippen LogP contribution in [-0.2, 0) is 0 Å². The summed E-state index contributed by atoms with van der Waals surface area (Å²) in [6.07, 6.45) is 4.36. The summed E-state index contributed by atoms with van der Waals surface area (Å²) in [5.41, 5.74) is 0.998. The van der Waals surface area contributed by atoms with E-state index in [-0.39, 0.29) is 5.92 Å². The summed E-state index contributed by atoms with van der Waals surface area (Å²) in [6, 6.07) is 1.83. The predicted octanol–water partition coefficient (Wildman–Crippen LogP) is 1.25. The standard InChI is InChI=1S/C7H8NO/c1-6(4-8)7-2-3-9-5-7/h2-6H,1H3. The molecule has 47 valence electrons. The molecular formula is C7H8NO. The number of hydrogen-bond donors (Lipinski definition) is 0. The topological polar surface area (TPSA) is 35.4 Å². The van der Waals surface area contributed by atoms with Gasteiger partial charge in [-0.15, -0.1) is 0 Å². The number of furan rings is 1. The molecule has 1 unspecified atom stereocenters. The van der Waals surface area contributed by atoms with E-state index < -0.39 is 0 Å². The van der Waals surface area contributed by atoms with Gasteiger partial charge in [0.2, 0.25) is 0 Å². The summed E-state index contributed by atoms with van der Waals surface area (Å²) in [6.45, 7) is 1.89. The molecule has 0 aliphatic carbocycles. The Balaban J connectivity index is 2.76. The smallest absolute Gasteiger partial charge is 0.0940 e. The second kappa shape index (κ2) is 2.49. The van der Waals surface area contributed by atoms with Crippen molar-refractivity contribution < 1.29 is 4.42 Å². The molecule has 0 aliphatic heterocycles. The van der Waals surface area contributed by atoms with E-state index in [1.807, 2.05) is 13.0 Å². The highest BCUT2D eigenvalue weighted by molar-refractivity contribution is 5.64. The zero-order valence-corrected chi connectivity index (χ0v) is 5.24. The molecule has 1 radical (unpaired) electrons. The fourth-order valence-electron chi connectivity index (χ4n) is 0.620. The zero-order chi connectivity index (χ0) is 6.69. The lowest BCUT2D eigenvalue weighted by molar-refractivity contribution is 0.563. The second-order valence-electron chi connectivity index (χ2n) is 1.99. The van der Waals surface area contributed by atoms with Crippen molar-refractivity contribution in [3.05, 3.63) is 24.2 Å². The molecule has 1 rings (SSSR count). The van der Waals surface area contributed by atoms with E-state index in [0.29, 0.717) is 0 Å². The number of nitrogens with zero attached hydrogens (tertiary/aromatic N) is 1. The van der Waals surface area contributed by atoms with Crippen LogP contribution >= 0.6 is 0 Å². The first-order valence-electron chi connectivity index (χ1n) is 2.84. The van der Waals surface area contributed by atoms with Gasteiger partial charge >= 0.3 is 0 Å². The van der Waals surface area contributed by atoms with Crippen molar-refractivity contribution in [2.75, 3.05) is 0 Å². The Morgan fingerprint density at radius 1 is 1.78 bits per heavy atom. The van der Waals surface area contributed by atoms with Crippen LogP contribution < -0.4 is 5.41 Å². The summed E-state index contributed by atoms with van der Waals surface area (Å²) in [5, 5.41) is 8.54. The Morgan fingerprint density at radius 2 is 2.56 bits per heavy atom. The van der Waals surface area contributed by atoms with Crippen LogP contribution in [0.1, 0.15) is 18.4 Å². The van der Waals surface area contributed by atoms with Crippen molar-refractivity contribution >= 4 is 6.21 Å². The van der Waals surface area contributed by atoms with Gasteiger partial charge in [0.25, 0.3) is 0 Å². The van der Waals surface area contributed by atoms with Crippen LogP contribution in [0, 0.1) is 0 Å². The Kier molecular flexibility index (Phi) is 1.68. The highest BCUT2D eigenvalue weighted by atomic mass is 16.3. The third-order valence-corrected chi connectivity index (χ3v) is 1.29. The van der Waals surface area contributed by atoms with Crippen LogP contribution in [0.15, 0.2) is 23.0 Å². The van der Waals surface area contributed by atoms with Gasteiger partial charge in [-0.1, -0.05) is 6.92 Å². The summed E-state index contributed by atoms with van der Waals surface area (Å²) in [7, 11) is 0. The predicted molar refractivity (Wildman–Crippen MR) is 35.3 cm³/mol. The Bertz CT molecular complexity index is 179. The van der Waals surface area contributed by atoms with Crippen LogP contribution in [0.5, 0.6) is 0 Å². The molecule has 0 saturated carbocycles. The number of rotatable bonds is 2. The first-order valence-corrected chi connectivity index (χ1v) is 2.84. The zero-order valence-electron chi connectivity index (χ0n) is 5.24. The lowest BCUT2D eigenvalue weighted by atomic mass is 10.1. The van der Waals surface area contributed by atoms with Gasteiger partial charge in [0.05, 0.1) is 12.5 Å². The van der Waals surface area contributed by atoms with Gasteiger partial charge < -0.3 is 4.42 Å². The molecule has 0 aliphatic rings. The quantitative estimate of drug-likeness (QED) is 0.544. The molecule has 0 fully saturated rings. The van der Waals surface area contributed by atoms with Gasteiger partial charge in [-0.05, 0) is 11.6 Å². The minimum absolute atomic E-state index is 0.0729. The molecule has 1 aromatic heterocycles. The van der Waals surface area contributed by atoms with Crippen molar-refractivity contribution in [1.29, 1.82) is 0 Å². The third kappa shape index (κ3) is 1.19. The lowest BCUT2D eigenvalue weighted by Crippen LogP contribution is -1.91. The normalized spacial score (nSPS) is 13.0. The van der Waals surface area contributed by atoms with Crippen LogP contribution in [0.25, 0.3) is 0 Å². The maximum atomic E-state index is 8.54. The van der Waals surface area contributed by atoms with Gasteiger partial charge in [0, 0.05) is 12.1 Å². The van der Waals surface area contributed by atoms with E-state index in [4.69, 9.17) is 9.83 Å². The van der Waals surface area contributed by atoms with Crippen LogP contribution in [0.4, 0.5) is 0 Å². The van der Waals surface area contributed by atoms with Crippen LogP contribution in [0.2, 0.25) is 0 Å². The van der Waals surface area contributed by atoms with Gasteiger partial charge in [0.1, 0.15) is 0 Å². The van der Waals surface area contributed by atoms with E-state index in [2.05, 4.69) is 0 Å². The first-order chi connectivity index (χ1) is 4.34. The molecule has 9 heavy (non-hydrogen) atoms. The summed E-state index contributed by atoms with van der Waals surface area (Å²) in [5.74, 6) is 0.0729. The van der Waals surface area contributed by atoms with Crippen molar-refractivity contribution in [2.24, 2.45) is 0 Å². The van der Waals surface area contributed by atoms with Gasteiger partial charge in [0.15, 0.2) is 0 Å². The molecule has 2 heteroatoms. The molecule has 0 bridgehead atoms. The number of hydrogen-bond acceptors (Lipinski definition) is 1. The van der Waals surface area contributed by atoms with Crippen molar-refractivity contribution in [1.82, 2.24) is 5.41 Å². The average molecular weight is 122 g/mol.